The summed E-state index contributed by atoms with van der Waals surface area (Å²) in [6.45, 7) is 4.00. The van der Waals surface area contributed by atoms with E-state index in [0.29, 0.717) is 11.6 Å². The molecule has 0 aliphatic heterocycles. The number of aromatic nitrogens is 6. The van der Waals surface area contributed by atoms with E-state index >= 15 is 0 Å². The minimum Gasteiger partial charge on any atom is -0.259 e. The number of hydrogen-bond acceptors (Lipinski definition) is 4. The molecule has 5 rings (SSSR count). The van der Waals surface area contributed by atoms with Gasteiger partial charge in [-0.25, -0.2) is 9.97 Å². The van der Waals surface area contributed by atoms with E-state index in [4.69, 9.17) is 0 Å². The van der Waals surface area contributed by atoms with Crippen LogP contribution in [-0.2, 0) is 0 Å². The minimum absolute atomic E-state index is 0.638. The second-order valence-corrected chi connectivity index (χ2v) is 6.33. The van der Waals surface area contributed by atoms with Gasteiger partial charge in [-0.1, -0.05) is 92.7 Å². The topological polar surface area (TPSA) is 83.1 Å². The van der Waals surface area contributed by atoms with Crippen LogP contribution in [0.2, 0.25) is 0 Å². The second kappa shape index (κ2) is 8.96. The summed E-state index contributed by atoms with van der Waals surface area (Å²) in [7, 11) is 0. The molecule has 0 aliphatic carbocycles. The quantitative estimate of drug-likeness (QED) is 0.414. The van der Waals surface area contributed by atoms with E-state index in [0.717, 1.165) is 33.9 Å². The molecular weight excluding hydrogens is 372 g/mol. The molecule has 0 saturated carbocycles. The SMILES string of the molecule is CC.c1ccc(-c2nc(-c3cccc(-c4n[nH]c(-c5ccccc5)n4)c3)n[nH]2)cc1. The summed E-state index contributed by atoms with van der Waals surface area (Å²) in [6.07, 6.45) is 0. The van der Waals surface area contributed by atoms with Crippen molar-refractivity contribution in [3.05, 3.63) is 84.9 Å². The molecule has 2 heterocycles. The molecule has 2 aromatic heterocycles. The monoisotopic (exact) mass is 394 g/mol. The Labute approximate surface area is 175 Å². The molecule has 0 radical (unpaired) electrons. The highest BCUT2D eigenvalue weighted by molar-refractivity contribution is 5.68. The van der Waals surface area contributed by atoms with Crippen molar-refractivity contribution >= 4 is 0 Å². The van der Waals surface area contributed by atoms with Crippen molar-refractivity contribution in [2.75, 3.05) is 0 Å². The van der Waals surface area contributed by atoms with Gasteiger partial charge in [-0.3, -0.25) is 10.2 Å². The summed E-state index contributed by atoms with van der Waals surface area (Å²) < 4.78 is 0. The lowest BCUT2D eigenvalue weighted by molar-refractivity contribution is 1.10. The third kappa shape index (κ3) is 4.03. The molecule has 0 bridgehead atoms. The number of aromatic amines is 2. The minimum atomic E-state index is 0.638. The zero-order valence-corrected chi connectivity index (χ0v) is 16.9. The Morgan fingerprint density at radius 3 is 1.33 bits per heavy atom. The van der Waals surface area contributed by atoms with Gasteiger partial charge in [0.1, 0.15) is 0 Å². The van der Waals surface area contributed by atoms with Gasteiger partial charge >= 0.3 is 0 Å². The van der Waals surface area contributed by atoms with Gasteiger partial charge in [0.25, 0.3) is 0 Å². The Bertz CT molecular complexity index is 1120. The molecule has 5 aromatic rings. The van der Waals surface area contributed by atoms with Crippen LogP contribution in [-0.4, -0.2) is 30.4 Å². The number of nitrogens with one attached hydrogen (secondary N) is 2. The van der Waals surface area contributed by atoms with Crippen molar-refractivity contribution in [3.8, 4) is 45.6 Å². The number of H-pyrrole nitrogens is 2. The zero-order valence-electron chi connectivity index (χ0n) is 16.9. The average Bonchev–Trinajstić information content (AvgIpc) is 3.52. The lowest BCUT2D eigenvalue weighted by Crippen LogP contribution is -1.85. The zero-order chi connectivity index (χ0) is 20.8. The van der Waals surface area contributed by atoms with E-state index in [1.807, 2.05) is 98.8 Å². The van der Waals surface area contributed by atoms with E-state index in [1.165, 1.54) is 0 Å². The van der Waals surface area contributed by atoms with Gasteiger partial charge in [0.15, 0.2) is 23.3 Å². The van der Waals surface area contributed by atoms with Crippen molar-refractivity contribution in [1.82, 2.24) is 30.4 Å². The molecule has 0 saturated heterocycles. The maximum atomic E-state index is 4.62. The predicted molar refractivity (Wildman–Crippen MR) is 119 cm³/mol. The van der Waals surface area contributed by atoms with Crippen molar-refractivity contribution in [2.45, 2.75) is 13.8 Å². The third-order valence-electron chi connectivity index (χ3n) is 4.44. The number of rotatable bonds is 4. The summed E-state index contributed by atoms with van der Waals surface area (Å²) in [5.74, 6) is 2.76. The summed E-state index contributed by atoms with van der Waals surface area (Å²) in [4.78, 5) is 9.25. The van der Waals surface area contributed by atoms with Crippen molar-refractivity contribution in [1.29, 1.82) is 0 Å². The highest BCUT2D eigenvalue weighted by Gasteiger charge is 2.11. The largest absolute Gasteiger partial charge is 0.259 e. The van der Waals surface area contributed by atoms with Gasteiger partial charge in [-0.05, 0) is 6.07 Å². The molecular formula is C24H22N6. The molecule has 0 aliphatic rings. The molecule has 0 atom stereocenters. The number of hydrogen-bond donors (Lipinski definition) is 2. The lowest BCUT2D eigenvalue weighted by atomic mass is 10.1. The van der Waals surface area contributed by atoms with E-state index in [1.54, 1.807) is 0 Å². The third-order valence-corrected chi connectivity index (χ3v) is 4.44. The summed E-state index contributed by atoms with van der Waals surface area (Å²) in [5, 5.41) is 14.7. The molecule has 0 fully saturated rings. The van der Waals surface area contributed by atoms with E-state index in [9.17, 15) is 0 Å². The smallest absolute Gasteiger partial charge is 0.181 e. The summed E-state index contributed by atoms with van der Waals surface area (Å²) in [6, 6.07) is 27.8. The maximum Gasteiger partial charge on any atom is 0.181 e. The maximum absolute atomic E-state index is 4.62. The van der Waals surface area contributed by atoms with Crippen molar-refractivity contribution in [2.24, 2.45) is 0 Å². The Hall–Kier alpha value is -4.06. The number of benzene rings is 3. The first kappa shape index (κ1) is 19.3. The molecule has 2 N–H and O–H groups in total. The van der Waals surface area contributed by atoms with Crippen LogP contribution in [0.5, 0.6) is 0 Å². The first-order valence-electron chi connectivity index (χ1n) is 9.93. The molecule has 0 unspecified atom stereocenters. The normalized spacial score (nSPS) is 10.3. The molecule has 0 amide bonds. The summed E-state index contributed by atoms with van der Waals surface area (Å²) in [5.41, 5.74) is 3.81. The lowest BCUT2D eigenvalue weighted by Gasteiger charge is -1.99. The molecule has 30 heavy (non-hydrogen) atoms. The van der Waals surface area contributed by atoms with Crippen LogP contribution < -0.4 is 0 Å². The molecule has 3 aromatic carbocycles. The standard InChI is InChI=1S/C22H16N6.C2H6/c1-3-8-15(9-4-1)19-23-21(27-25-19)17-12-7-13-18(14-17)22-24-20(26-28-22)16-10-5-2-6-11-16;1-2/h1-14H,(H,23,25,27)(H,24,26,28);1-2H3. The van der Waals surface area contributed by atoms with Crippen molar-refractivity contribution < 1.29 is 0 Å². The van der Waals surface area contributed by atoms with Crippen LogP contribution in [0.3, 0.4) is 0 Å². The Morgan fingerprint density at radius 2 is 0.900 bits per heavy atom. The van der Waals surface area contributed by atoms with E-state index < -0.39 is 0 Å². The van der Waals surface area contributed by atoms with Crippen LogP contribution in [0, 0.1) is 0 Å². The van der Waals surface area contributed by atoms with Crippen LogP contribution >= 0.6 is 0 Å². The Balaban J connectivity index is 0.00000106. The number of nitrogens with zero attached hydrogens (tertiary/aromatic N) is 4. The van der Waals surface area contributed by atoms with Crippen LogP contribution in [0.4, 0.5) is 0 Å². The van der Waals surface area contributed by atoms with Gasteiger partial charge in [0, 0.05) is 22.3 Å². The van der Waals surface area contributed by atoms with Gasteiger partial charge < -0.3 is 0 Å². The van der Waals surface area contributed by atoms with E-state index in [2.05, 4.69) is 30.4 Å². The Kier molecular flexibility index (Phi) is 5.75. The highest BCUT2D eigenvalue weighted by atomic mass is 15.2. The van der Waals surface area contributed by atoms with Gasteiger partial charge in [-0.2, -0.15) is 10.2 Å². The fraction of sp³-hybridized carbons (Fsp3) is 0.0833. The van der Waals surface area contributed by atoms with Gasteiger partial charge in [0.05, 0.1) is 0 Å². The van der Waals surface area contributed by atoms with Gasteiger partial charge in [-0.15, -0.1) is 0 Å². The molecule has 148 valence electrons. The first-order chi connectivity index (χ1) is 14.9. The molecule has 6 nitrogen and oxygen atoms in total. The van der Waals surface area contributed by atoms with Crippen molar-refractivity contribution in [3.63, 3.8) is 0 Å². The second-order valence-electron chi connectivity index (χ2n) is 6.33. The highest BCUT2D eigenvalue weighted by Crippen LogP contribution is 2.25. The summed E-state index contributed by atoms with van der Waals surface area (Å²) >= 11 is 0. The Morgan fingerprint density at radius 1 is 0.500 bits per heavy atom. The van der Waals surface area contributed by atoms with Gasteiger partial charge in [0.2, 0.25) is 0 Å². The van der Waals surface area contributed by atoms with Crippen LogP contribution in [0.15, 0.2) is 84.9 Å². The fourth-order valence-electron chi connectivity index (χ4n) is 3.03. The average molecular weight is 394 g/mol. The molecule has 0 spiro atoms. The predicted octanol–water partition coefficient (Wildman–Crippen LogP) is 5.62. The van der Waals surface area contributed by atoms with E-state index in [-0.39, 0.29) is 0 Å². The van der Waals surface area contributed by atoms with Crippen LogP contribution in [0.1, 0.15) is 13.8 Å². The first-order valence-corrected chi connectivity index (χ1v) is 9.93. The van der Waals surface area contributed by atoms with Crippen LogP contribution in [0.25, 0.3) is 45.6 Å². The molecule has 6 heteroatoms. The fourth-order valence-corrected chi connectivity index (χ4v) is 3.03.